The molecule has 0 radical (unpaired) electrons. The van der Waals surface area contributed by atoms with Gasteiger partial charge in [0.05, 0.1) is 18.0 Å². The van der Waals surface area contributed by atoms with Crippen molar-refractivity contribution in [3.8, 4) is 5.75 Å². The first-order chi connectivity index (χ1) is 14.3. The number of amides is 1. The van der Waals surface area contributed by atoms with Gasteiger partial charge in [-0.05, 0) is 73.2 Å². The van der Waals surface area contributed by atoms with Gasteiger partial charge in [-0.3, -0.25) is 14.5 Å². The molecule has 3 rings (SSSR count). The maximum Gasteiger partial charge on any atom is 0.261 e. The van der Waals surface area contributed by atoms with E-state index < -0.39 is 10.0 Å². The fourth-order valence-electron chi connectivity index (χ4n) is 2.89. The van der Waals surface area contributed by atoms with E-state index in [9.17, 15) is 13.2 Å². The lowest BCUT2D eigenvalue weighted by Crippen LogP contribution is -2.29. The van der Waals surface area contributed by atoms with Crippen LogP contribution in [-0.4, -0.2) is 38.4 Å². The molecule has 0 aliphatic carbocycles. The summed E-state index contributed by atoms with van der Waals surface area (Å²) in [6.07, 6.45) is 3.36. The van der Waals surface area contributed by atoms with Crippen LogP contribution in [0.2, 0.25) is 0 Å². The standard InChI is InChI=1S/C22H23N3O4S/c1-16(17-12-14-23-15-13-17)25(2)22(26)18-4-10-21(11-5-18)30(27,28)24-19-6-8-20(29-3)9-7-19/h4-16,24H,1-3H3/t16-/m0/s1. The smallest absolute Gasteiger partial charge is 0.261 e. The maximum atomic E-state index is 12.8. The van der Waals surface area contributed by atoms with E-state index in [1.165, 1.54) is 31.4 Å². The van der Waals surface area contributed by atoms with Crippen LogP contribution < -0.4 is 9.46 Å². The van der Waals surface area contributed by atoms with Crippen LogP contribution in [0.15, 0.2) is 78.0 Å². The topological polar surface area (TPSA) is 88.6 Å². The summed E-state index contributed by atoms with van der Waals surface area (Å²) >= 11 is 0. The van der Waals surface area contributed by atoms with E-state index in [0.29, 0.717) is 17.0 Å². The third-order valence-electron chi connectivity index (χ3n) is 4.84. The van der Waals surface area contributed by atoms with E-state index >= 15 is 0 Å². The van der Waals surface area contributed by atoms with Crippen LogP contribution in [0.3, 0.4) is 0 Å². The second-order valence-corrected chi connectivity index (χ2v) is 8.41. The number of pyridine rings is 1. The van der Waals surface area contributed by atoms with Crippen LogP contribution in [0.1, 0.15) is 28.9 Å². The minimum absolute atomic E-state index is 0.0692. The van der Waals surface area contributed by atoms with Crippen molar-refractivity contribution in [2.75, 3.05) is 18.9 Å². The van der Waals surface area contributed by atoms with Gasteiger partial charge in [-0.1, -0.05) is 0 Å². The zero-order valence-corrected chi connectivity index (χ0v) is 17.8. The Balaban J connectivity index is 1.73. The minimum Gasteiger partial charge on any atom is -0.497 e. The molecule has 1 aromatic heterocycles. The Morgan fingerprint density at radius 1 is 1.00 bits per heavy atom. The molecule has 0 saturated heterocycles. The molecule has 0 aliphatic rings. The molecule has 1 heterocycles. The van der Waals surface area contributed by atoms with Gasteiger partial charge in [0, 0.05) is 30.7 Å². The van der Waals surface area contributed by atoms with E-state index in [2.05, 4.69) is 9.71 Å². The Morgan fingerprint density at radius 3 is 2.17 bits per heavy atom. The van der Waals surface area contributed by atoms with Crippen molar-refractivity contribution in [3.05, 3.63) is 84.2 Å². The summed E-state index contributed by atoms with van der Waals surface area (Å²) in [5.74, 6) is 0.428. The highest BCUT2D eigenvalue weighted by molar-refractivity contribution is 7.92. The first-order valence-corrected chi connectivity index (χ1v) is 10.7. The van der Waals surface area contributed by atoms with Crippen LogP contribution in [0.5, 0.6) is 5.75 Å². The van der Waals surface area contributed by atoms with Crippen LogP contribution in [0.25, 0.3) is 0 Å². The highest BCUT2D eigenvalue weighted by Crippen LogP contribution is 2.22. The number of nitrogens with zero attached hydrogens (tertiary/aromatic N) is 2. The van der Waals surface area contributed by atoms with Gasteiger partial charge in [0.25, 0.3) is 15.9 Å². The molecule has 30 heavy (non-hydrogen) atoms. The van der Waals surface area contributed by atoms with Crippen molar-refractivity contribution in [1.82, 2.24) is 9.88 Å². The molecule has 0 saturated carbocycles. The zero-order chi connectivity index (χ0) is 21.7. The highest BCUT2D eigenvalue weighted by Gasteiger charge is 2.20. The number of aromatic nitrogens is 1. The first-order valence-electron chi connectivity index (χ1n) is 9.26. The van der Waals surface area contributed by atoms with Crippen LogP contribution in [0.4, 0.5) is 5.69 Å². The number of carbonyl (C=O) groups is 1. The molecule has 0 bridgehead atoms. The van der Waals surface area contributed by atoms with Gasteiger partial charge < -0.3 is 9.64 Å². The van der Waals surface area contributed by atoms with E-state index in [1.54, 1.807) is 48.6 Å². The molecule has 3 aromatic rings. The lowest BCUT2D eigenvalue weighted by Gasteiger charge is -2.25. The van der Waals surface area contributed by atoms with Crippen molar-refractivity contribution in [1.29, 1.82) is 0 Å². The molecule has 1 amide bonds. The predicted octanol–water partition coefficient (Wildman–Crippen LogP) is 3.72. The average Bonchev–Trinajstić information content (AvgIpc) is 2.78. The molecule has 7 nitrogen and oxygen atoms in total. The molecule has 0 aliphatic heterocycles. The van der Waals surface area contributed by atoms with Gasteiger partial charge in [-0.25, -0.2) is 8.42 Å². The molecular formula is C22H23N3O4S. The number of benzene rings is 2. The van der Waals surface area contributed by atoms with Gasteiger partial charge in [0.2, 0.25) is 0 Å². The minimum atomic E-state index is -3.78. The second kappa shape index (κ2) is 8.96. The fraction of sp³-hybridized carbons (Fsp3) is 0.182. The number of sulfonamides is 1. The molecule has 0 fully saturated rings. The van der Waals surface area contributed by atoms with Crippen molar-refractivity contribution in [2.45, 2.75) is 17.9 Å². The summed E-state index contributed by atoms with van der Waals surface area (Å²) in [5, 5.41) is 0. The summed E-state index contributed by atoms with van der Waals surface area (Å²) in [4.78, 5) is 18.5. The Hall–Kier alpha value is -3.39. The quantitative estimate of drug-likeness (QED) is 0.623. The molecule has 1 N–H and O–H groups in total. The van der Waals surface area contributed by atoms with Gasteiger partial charge in [-0.15, -0.1) is 0 Å². The lowest BCUT2D eigenvalue weighted by molar-refractivity contribution is 0.0742. The normalized spacial score (nSPS) is 12.1. The summed E-state index contributed by atoms with van der Waals surface area (Å²) in [5.41, 5.74) is 1.78. The summed E-state index contributed by atoms with van der Waals surface area (Å²) in [6.45, 7) is 1.92. The zero-order valence-electron chi connectivity index (χ0n) is 16.9. The van der Waals surface area contributed by atoms with Gasteiger partial charge in [-0.2, -0.15) is 0 Å². The number of methoxy groups -OCH3 is 1. The lowest BCUT2D eigenvalue weighted by atomic mass is 10.1. The molecule has 0 spiro atoms. The van der Waals surface area contributed by atoms with E-state index in [4.69, 9.17) is 4.74 Å². The van der Waals surface area contributed by atoms with Crippen LogP contribution in [-0.2, 0) is 10.0 Å². The number of hydrogen-bond donors (Lipinski definition) is 1. The van der Waals surface area contributed by atoms with Gasteiger partial charge in [0.15, 0.2) is 0 Å². The van der Waals surface area contributed by atoms with Crippen molar-refractivity contribution in [3.63, 3.8) is 0 Å². The van der Waals surface area contributed by atoms with Crippen LogP contribution >= 0.6 is 0 Å². The van der Waals surface area contributed by atoms with Gasteiger partial charge in [0.1, 0.15) is 5.75 Å². The Morgan fingerprint density at radius 2 is 1.60 bits per heavy atom. The largest absolute Gasteiger partial charge is 0.497 e. The number of carbonyl (C=O) groups excluding carboxylic acids is 1. The average molecular weight is 426 g/mol. The number of anilines is 1. The fourth-order valence-corrected chi connectivity index (χ4v) is 3.95. The van der Waals surface area contributed by atoms with Gasteiger partial charge >= 0.3 is 0 Å². The Kier molecular flexibility index (Phi) is 6.37. The van der Waals surface area contributed by atoms with E-state index in [0.717, 1.165) is 5.56 Å². The SMILES string of the molecule is COc1ccc(NS(=O)(=O)c2ccc(C(=O)N(C)[C@@H](C)c3ccncc3)cc2)cc1. The van der Waals surface area contributed by atoms with Crippen molar-refractivity contribution >= 4 is 21.6 Å². The van der Waals surface area contributed by atoms with Crippen LogP contribution in [0, 0.1) is 0 Å². The maximum absolute atomic E-state index is 12.8. The monoisotopic (exact) mass is 425 g/mol. The predicted molar refractivity (Wildman–Crippen MR) is 115 cm³/mol. The first kappa shape index (κ1) is 21.3. The number of rotatable bonds is 7. The molecule has 8 heteroatoms. The number of nitrogens with one attached hydrogen (secondary N) is 1. The summed E-state index contributed by atoms with van der Waals surface area (Å²) in [6, 6.07) is 16.0. The highest BCUT2D eigenvalue weighted by atomic mass is 32.2. The van der Waals surface area contributed by atoms with E-state index in [-0.39, 0.29) is 16.8 Å². The number of ether oxygens (including phenoxy) is 1. The third-order valence-corrected chi connectivity index (χ3v) is 6.24. The molecule has 1 atom stereocenters. The van der Waals surface area contributed by atoms with Crippen molar-refractivity contribution < 1.29 is 17.9 Å². The van der Waals surface area contributed by atoms with E-state index in [1.807, 2.05) is 19.1 Å². The summed E-state index contributed by atoms with van der Waals surface area (Å²) < 4.78 is 32.8. The summed E-state index contributed by atoms with van der Waals surface area (Å²) in [7, 11) is -0.527. The third kappa shape index (κ3) is 4.77. The molecule has 156 valence electrons. The Labute approximate surface area is 176 Å². The molecular weight excluding hydrogens is 402 g/mol. The second-order valence-electron chi connectivity index (χ2n) is 6.73. The molecule has 0 unspecified atom stereocenters. The van der Waals surface area contributed by atoms with Crippen molar-refractivity contribution in [2.24, 2.45) is 0 Å². The number of hydrogen-bond acceptors (Lipinski definition) is 5. The Bertz CT molecular complexity index is 1100. The molecule has 2 aromatic carbocycles.